The van der Waals surface area contributed by atoms with Gasteiger partial charge in [-0.1, -0.05) is 41.2 Å². The first-order chi connectivity index (χ1) is 6.71. The van der Waals surface area contributed by atoms with Crippen molar-refractivity contribution in [1.82, 2.24) is 0 Å². The number of hydrogen-bond donors (Lipinski definition) is 1. The Hall–Kier alpha value is -1.05. The van der Waals surface area contributed by atoms with Crippen LogP contribution in [0.1, 0.15) is 41.5 Å². The van der Waals surface area contributed by atoms with Crippen LogP contribution in [0.15, 0.2) is 28.5 Å². The van der Waals surface area contributed by atoms with E-state index in [1.807, 2.05) is 6.92 Å². The van der Waals surface area contributed by atoms with Gasteiger partial charge in [-0.15, -0.1) is 0 Å². The molecule has 0 amide bonds. The summed E-state index contributed by atoms with van der Waals surface area (Å²) in [5, 5.41) is 0. The predicted octanol–water partition coefficient (Wildman–Crippen LogP) is 3.51. The highest BCUT2D eigenvalue weighted by Gasteiger charge is 2.24. The lowest BCUT2D eigenvalue weighted by Crippen LogP contribution is -2.19. The lowest BCUT2D eigenvalue weighted by atomic mass is 9.79. The van der Waals surface area contributed by atoms with Gasteiger partial charge >= 0.3 is 0 Å². The second kappa shape index (κ2) is 5.15. The third-order valence-electron chi connectivity index (χ3n) is 2.29. The van der Waals surface area contributed by atoms with E-state index < -0.39 is 0 Å². The molecule has 0 spiro atoms. The fourth-order valence-corrected chi connectivity index (χ4v) is 1.52. The van der Waals surface area contributed by atoms with Crippen LogP contribution in [0.2, 0.25) is 0 Å². The first-order valence-electron chi connectivity index (χ1n) is 5.39. The van der Waals surface area contributed by atoms with Crippen LogP contribution < -0.4 is 5.73 Å². The zero-order valence-electron chi connectivity index (χ0n) is 10.9. The third-order valence-corrected chi connectivity index (χ3v) is 2.29. The van der Waals surface area contributed by atoms with Gasteiger partial charge in [0, 0.05) is 11.8 Å². The van der Waals surface area contributed by atoms with E-state index in [2.05, 4.69) is 46.2 Å². The summed E-state index contributed by atoms with van der Waals surface area (Å²) < 4.78 is 0. The van der Waals surface area contributed by atoms with Gasteiger partial charge in [-0.3, -0.25) is 0 Å². The number of rotatable bonds is 3. The fraction of sp³-hybridized carbons (Fsp3) is 0.615. The Kier molecular flexibility index (Phi) is 4.79. The smallest absolute Gasteiger partial charge is 0.126 e. The first-order valence-corrected chi connectivity index (χ1v) is 5.39. The van der Waals surface area contributed by atoms with Gasteiger partial charge in [-0.25, -0.2) is 4.99 Å². The number of hydrogen-bond acceptors (Lipinski definition) is 2. The number of aliphatic imine (C=N–C) groups is 1. The molecule has 15 heavy (non-hydrogen) atoms. The van der Waals surface area contributed by atoms with Gasteiger partial charge in [0.2, 0.25) is 0 Å². The Labute approximate surface area is 94.0 Å². The van der Waals surface area contributed by atoms with Gasteiger partial charge in [0.15, 0.2) is 0 Å². The summed E-state index contributed by atoms with van der Waals surface area (Å²) >= 11 is 0. The highest BCUT2D eigenvalue weighted by molar-refractivity contribution is 5.56. The molecule has 0 aliphatic rings. The molecule has 0 aromatic carbocycles. The molecular weight excluding hydrogens is 184 g/mol. The largest absolute Gasteiger partial charge is 0.383 e. The minimum atomic E-state index is -0.0159. The van der Waals surface area contributed by atoms with E-state index in [0.717, 1.165) is 11.1 Å². The van der Waals surface area contributed by atoms with E-state index in [9.17, 15) is 0 Å². The molecule has 0 unspecified atom stereocenters. The van der Waals surface area contributed by atoms with Gasteiger partial charge in [0.1, 0.15) is 5.82 Å². The summed E-state index contributed by atoms with van der Waals surface area (Å²) in [5.41, 5.74) is 8.10. The van der Waals surface area contributed by atoms with Crippen LogP contribution in [0.3, 0.4) is 0 Å². The molecule has 2 heteroatoms. The molecule has 0 saturated carbocycles. The van der Waals surface area contributed by atoms with Crippen LogP contribution in [0.5, 0.6) is 0 Å². The van der Waals surface area contributed by atoms with Crippen molar-refractivity contribution in [3.05, 3.63) is 23.5 Å². The molecule has 0 atom stereocenters. The molecule has 0 radical (unpaired) electrons. The van der Waals surface area contributed by atoms with Crippen molar-refractivity contribution in [2.45, 2.75) is 41.5 Å². The van der Waals surface area contributed by atoms with E-state index in [0.29, 0.717) is 11.7 Å². The molecule has 0 saturated heterocycles. The molecule has 2 nitrogen and oxygen atoms in total. The van der Waals surface area contributed by atoms with Crippen molar-refractivity contribution in [3.8, 4) is 0 Å². The quantitative estimate of drug-likeness (QED) is 0.559. The molecule has 0 aliphatic heterocycles. The van der Waals surface area contributed by atoms with Crippen LogP contribution in [-0.4, -0.2) is 6.21 Å². The minimum Gasteiger partial charge on any atom is -0.383 e. The standard InChI is InChI=1S/C13H24N2/c1-8-15-12(14)11(13(5,6)7)10(4)9(2)3/h8-9H,4,14H2,1-3,5-7H3/b12-11+,15-8-. The van der Waals surface area contributed by atoms with E-state index in [4.69, 9.17) is 5.73 Å². The molecule has 0 aromatic rings. The Balaban J connectivity index is 5.45. The Bertz CT molecular complexity index is 288. The predicted molar refractivity (Wildman–Crippen MR) is 68.8 cm³/mol. The molecule has 0 aromatic heterocycles. The van der Waals surface area contributed by atoms with Crippen molar-refractivity contribution in [3.63, 3.8) is 0 Å². The summed E-state index contributed by atoms with van der Waals surface area (Å²) in [4.78, 5) is 4.17. The van der Waals surface area contributed by atoms with Gasteiger partial charge in [0.25, 0.3) is 0 Å². The van der Waals surface area contributed by atoms with Crippen molar-refractivity contribution >= 4 is 6.21 Å². The highest BCUT2D eigenvalue weighted by Crippen LogP contribution is 2.35. The second-order valence-corrected chi connectivity index (χ2v) is 5.08. The minimum absolute atomic E-state index is 0.0159. The first kappa shape index (κ1) is 13.9. The number of nitrogens with zero attached hydrogens (tertiary/aromatic N) is 1. The molecular formula is C13H24N2. The summed E-state index contributed by atoms with van der Waals surface area (Å²) in [6.07, 6.45) is 1.72. The SMILES string of the molecule is C=C(/C(=C(N)\N=C/C)C(C)(C)C)C(C)C. The Morgan fingerprint density at radius 1 is 1.33 bits per heavy atom. The maximum Gasteiger partial charge on any atom is 0.126 e. The zero-order valence-corrected chi connectivity index (χ0v) is 10.9. The summed E-state index contributed by atoms with van der Waals surface area (Å²) in [6, 6.07) is 0. The van der Waals surface area contributed by atoms with Crippen LogP contribution in [0, 0.1) is 11.3 Å². The van der Waals surface area contributed by atoms with Gasteiger partial charge < -0.3 is 5.73 Å². The Morgan fingerprint density at radius 3 is 2.07 bits per heavy atom. The summed E-state index contributed by atoms with van der Waals surface area (Å²) in [7, 11) is 0. The third kappa shape index (κ3) is 3.90. The molecule has 0 heterocycles. The summed E-state index contributed by atoms with van der Waals surface area (Å²) in [6.45, 7) is 16.6. The molecule has 0 bridgehead atoms. The van der Waals surface area contributed by atoms with Crippen molar-refractivity contribution < 1.29 is 0 Å². The molecule has 0 fully saturated rings. The highest BCUT2D eigenvalue weighted by atomic mass is 14.9. The lowest BCUT2D eigenvalue weighted by molar-refractivity contribution is 0.491. The zero-order chi connectivity index (χ0) is 12.2. The second-order valence-electron chi connectivity index (χ2n) is 5.08. The normalized spacial score (nSPS) is 14.6. The number of allylic oxidation sites excluding steroid dienone is 2. The average Bonchev–Trinajstić information content (AvgIpc) is 2.01. The molecule has 86 valence electrons. The monoisotopic (exact) mass is 208 g/mol. The van der Waals surface area contributed by atoms with Crippen LogP contribution in [0.25, 0.3) is 0 Å². The van der Waals surface area contributed by atoms with Crippen molar-refractivity contribution in [2.24, 2.45) is 22.1 Å². The van der Waals surface area contributed by atoms with Crippen molar-refractivity contribution in [1.29, 1.82) is 0 Å². The lowest BCUT2D eigenvalue weighted by Gasteiger charge is -2.27. The van der Waals surface area contributed by atoms with Gasteiger partial charge in [-0.05, 0) is 23.8 Å². The maximum atomic E-state index is 5.97. The fourth-order valence-electron chi connectivity index (χ4n) is 1.52. The Morgan fingerprint density at radius 2 is 1.80 bits per heavy atom. The molecule has 0 aliphatic carbocycles. The van der Waals surface area contributed by atoms with E-state index in [1.54, 1.807) is 6.21 Å². The van der Waals surface area contributed by atoms with Crippen LogP contribution in [0.4, 0.5) is 0 Å². The molecule has 2 N–H and O–H groups in total. The van der Waals surface area contributed by atoms with Gasteiger partial charge in [0.05, 0.1) is 0 Å². The summed E-state index contributed by atoms with van der Waals surface area (Å²) in [5.74, 6) is 0.980. The topological polar surface area (TPSA) is 38.4 Å². The van der Waals surface area contributed by atoms with Crippen molar-refractivity contribution in [2.75, 3.05) is 0 Å². The molecule has 0 rings (SSSR count). The van der Waals surface area contributed by atoms with E-state index >= 15 is 0 Å². The van der Waals surface area contributed by atoms with Crippen LogP contribution in [-0.2, 0) is 0 Å². The van der Waals surface area contributed by atoms with E-state index in [1.165, 1.54) is 0 Å². The maximum absolute atomic E-state index is 5.97. The van der Waals surface area contributed by atoms with E-state index in [-0.39, 0.29) is 5.41 Å². The average molecular weight is 208 g/mol. The van der Waals surface area contributed by atoms with Gasteiger partial charge in [-0.2, -0.15) is 0 Å². The number of nitrogens with two attached hydrogens (primary N) is 1. The van der Waals surface area contributed by atoms with Crippen LogP contribution >= 0.6 is 0 Å².